The number of thiophene rings is 1. The van der Waals surface area contributed by atoms with E-state index in [1.165, 1.54) is 19.5 Å². The average molecular weight is 418 g/mol. The minimum absolute atomic E-state index is 0.0647. The first-order chi connectivity index (χ1) is 13.1. The summed E-state index contributed by atoms with van der Waals surface area (Å²) in [5, 5.41) is 15.3. The third-order valence-electron chi connectivity index (χ3n) is 4.01. The van der Waals surface area contributed by atoms with Crippen molar-refractivity contribution in [1.29, 1.82) is 0 Å². The predicted octanol–water partition coefficient (Wildman–Crippen LogP) is 3.79. The third-order valence-corrected chi connectivity index (χ3v) is 5.03. The SMILES string of the molecule is COC(=O)Cc1csc2c(F)c(OCc3cc(C(F)(F)F)nn3C)cc(O)c12. The van der Waals surface area contributed by atoms with Gasteiger partial charge in [0.15, 0.2) is 17.3 Å². The van der Waals surface area contributed by atoms with Gasteiger partial charge in [0.1, 0.15) is 12.4 Å². The molecule has 150 valence electrons. The van der Waals surface area contributed by atoms with Crippen LogP contribution >= 0.6 is 11.3 Å². The molecule has 28 heavy (non-hydrogen) atoms. The van der Waals surface area contributed by atoms with E-state index in [9.17, 15) is 27.5 Å². The standard InChI is InChI=1S/C17H14F4N2O4S/c1-23-9(4-12(22-23)17(19,20)21)6-27-11-5-10(24)14-8(3-13(25)26-2)7-28-16(14)15(11)18/h4-5,7,24H,3,6H2,1-2H3. The van der Waals surface area contributed by atoms with Gasteiger partial charge in [-0.05, 0) is 17.0 Å². The number of hydrogen-bond acceptors (Lipinski definition) is 6. The monoisotopic (exact) mass is 418 g/mol. The van der Waals surface area contributed by atoms with Gasteiger partial charge >= 0.3 is 12.1 Å². The Morgan fingerprint density at radius 3 is 2.68 bits per heavy atom. The number of fused-ring (bicyclic) bond motifs is 1. The van der Waals surface area contributed by atoms with Gasteiger partial charge in [0, 0.05) is 18.5 Å². The topological polar surface area (TPSA) is 73.6 Å². The minimum Gasteiger partial charge on any atom is -0.507 e. The molecule has 0 saturated heterocycles. The Balaban J connectivity index is 1.88. The van der Waals surface area contributed by atoms with E-state index in [4.69, 9.17) is 4.74 Å². The average Bonchev–Trinajstić information content (AvgIpc) is 3.21. The van der Waals surface area contributed by atoms with Crippen LogP contribution in [0.25, 0.3) is 10.1 Å². The molecule has 0 radical (unpaired) electrons. The van der Waals surface area contributed by atoms with Crippen LogP contribution in [-0.4, -0.2) is 28.0 Å². The van der Waals surface area contributed by atoms with Crippen molar-refractivity contribution in [3.63, 3.8) is 0 Å². The number of nitrogens with zero attached hydrogens (tertiary/aromatic N) is 2. The van der Waals surface area contributed by atoms with E-state index in [2.05, 4.69) is 9.84 Å². The lowest BCUT2D eigenvalue weighted by molar-refractivity contribution is -0.141. The predicted molar refractivity (Wildman–Crippen MR) is 91.7 cm³/mol. The number of aryl methyl sites for hydroxylation is 1. The molecule has 0 spiro atoms. The number of alkyl halides is 3. The summed E-state index contributed by atoms with van der Waals surface area (Å²) in [6.07, 6.45) is -4.75. The summed E-state index contributed by atoms with van der Waals surface area (Å²) < 4.78 is 63.8. The zero-order chi connectivity index (χ0) is 20.6. The molecule has 1 N–H and O–H groups in total. The van der Waals surface area contributed by atoms with Crippen LogP contribution in [0.2, 0.25) is 0 Å². The molecule has 3 aromatic rings. The molecule has 0 amide bonds. The number of phenolic OH excluding ortho intramolecular Hbond substituents is 1. The first kappa shape index (κ1) is 19.9. The maximum absolute atomic E-state index is 14.7. The second-order valence-corrected chi connectivity index (χ2v) is 6.74. The van der Waals surface area contributed by atoms with Crippen molar-refractivity contribution in [2.24, 2.45) is 7.05 Å². The fourth-order valence-corrected chi connectivity index (χ4v) is 3.62. The van der Waals surface area contributed by atoms with Crippen molar-refractivity contribution >= 4 is 27.4 Å². The molecule has 6 nitrogen and oxygen atoms in total. The number of carbonyl (C=O) groups is 1. The van der Waals surface area contributed by atoms with Crippen molar-refractivity contribution in [3.8, 4) is 11.5 Å². The van der Waals surface area contributed by atoms with Crippen LogP contribution < -0.4 is 4.74 Å². The minimum atomic E-state index is -4.61. The number of esters is 1. The number of ether oxygens (including phenoxy) is 2. The molecule has 3 rings (SSSR count). The lowest BCUT2D eigenvalue weighted by Gasteiger charge is -2.10. The third kappa shape index (κ3) is 3.75. The molecule has 0 aliphatic heterocycles. The van der Waals surface area contributed by atoms with Crippen molar-refractivity contribution in [3.05, 3.63) is 40.3 Å². The Bertz CT molecular complexity index is 1040. The van der Waals surface area contributed by atoms with E-state index < -0.39 is 23.7 Å². The number of methoxy groups -OCH3 is 1. The Hall–Kier alpha value is -2.82. The normalized spacial score (nSPS) is 11.8. The van der Waals surface area contributed by atoms with Gasteiger partial charge in [0.05, 0.1) is 23.9 Å². The second kappa shape index (κ2) is 7.30. The van der Waals surface area contributed by atoms with Crippen LogP contribution in [0.1, 0.15) is 17.0 Å². The molecule has 0 atom stereocenters. The summed E-state index contributed by atoms with van der Waals surface area (Å²) >= 11 is 0.965. The fourth-order valence-electron chi connectivity index (χ4n) is 2.60. The molecule has 0 fully saturated rings. The Labute approximate surface area is 159 Å². The van der Waals surface area contributed by atoms with Gasteiger partial charge in [-0.2, -0.15) is 18.3 Å². The lowest BCUT2D eigenvalue weighted by atomic mass is 10.1. The van der Waals surface area contributed by atoms with Crippen molar-refractivity contribution in [1.82, 2.24) is 9.78 Å². The Morgan fingerprint density at radius 1 is 1.36 bits per heavy atom. The zero-order valence-electron chi connectivity index (χ0n) is 14.6. The summed E-state index contributed by atoms with van der Waals surface area (Å²) in [6.45, 7) is -0.387. The van der Waals surface area contributed by atoms with E-state index in [0.29, 0.717) is 5.56 Å². The van der Waals surface area contributed by atoms with E-state index in [-0.39, 0.29) is 40.3 Å². The number of hydrogen-bond donors (Lipinski definition) is 1. The molecular weight excluding hydrogens is 404 g/mol. The molecular formula is C17H14F4N2O4S. The molecule has 1 aromatic carbocycles. The van der Waals surface area contributed by atoms with Crippen LogP contribution in [0.3, 0.4) is 0 Å². The molecule has 2 aromatic heterocycles. The maximum Gasteiger partial charge on any atom is 0.435 e. The quantitative estimate of drug-likeness (QED) is 0.504. The fraction of sp³-hybridized carbons (Fsp3) is 0.294. The summed E-state index contributed by atoms with van der Waals surface area (Å²) in [5.41, 5.74) is -0.613. The van der Waals surface area contributed by atoms with Gasteiger partial charge in [-0.3, -0.25) is 9.48 Å². The number of aromatic hydroxyl groups is 1. The van der Waals surface area contributed by atoms with Crippen molar-refractivity contribution in [2.45, 2.75) is 19.2 Å². The zero-order valence-corrected chi connectivity index (χ0v) is 15.4. The lowest BCUT2D eigenvalue weighted by Crippen LogP contribution is -2.07. The number of phenols is 1. The van der Waals surface area contributed by atoms with Gasteiger partial charge < -0.3 is 14.6 Å². The van der Waals surface area contributed by atoms with Gasteiger partial charge in [0.2, 0.25) is 0 Å². The van der Waals surface area contributed by atoms with E-state index in [0.717, 1.165) is 28.2 Å². The number of rotatable bonds is 5. The number of aromatic nitrogens is 2. The van der Waals surface area contributed by atoms with Crippen LogP contribution in [0, 0.1) is 5.82 Å². The largest absolute Gasteiger partial charge is 0.507 e. The highest BCUT2D eigenvalue weighted by molar-refractivity contribution is 7.17. The van der Waals surface area contributed by atoms with Crippen LogP contribution in [-0.2, 0) is 35.8 Å². The van der Waals surface area contributed by atoms with Gasteiger partial charge in [0.25, 0.3) is 0 Å². The Kier molecular flexibility index (Phi) is 5.20. The van der Waals surface area contributed by atoms with E-state index in [1.54, 1.807) is 0 Å². The summed E-state index contributed by atoms with van der Waals surface area (Å²) in [5.74, 6) is -1.97. The molecule has 0 saturated carbocycles. The highest BCUT2D eigenvalue weighted by Gasteiger charge is 2.34. The highest BCUT2D eigenvalue weighted by atomic mass is 32.1. The van der Waals surface area contributed by atoms with E-state index >= 15 is 0 Å². The second-order valence-electron chi connectivity index (χ2n) is 5.86. The van der Waals surface area contributed by atoms with Gasteiger partial charge in [-0.1, -0.05) is 0 Å². The smallest absolute Gasteiger partial charge is 0.435 e. The first-order valence-electron chi connectivity index (χ1n) is 7.83. The molecule has 0 bridgehead atoms. The number of benzene rings is 1. The van der Waals surface area contributed by atoms with Gasteiger partial charge in [-0.15, -0.1) is 11.3 Å². The highest BCUT2D eigenvalue weighted by Crippen LogP contribution is 2.40. The molecule has 2 heterocycles. The number of halogens is 4. The summed E-state index contributed by atoms with van der Waals surface area (Å²) in [7, 11) is 2.52. The van der Waals surface area contributed by atoms with Gasteiger partial charge in [-0.25, -0.2) is 4.39 Å². The van der Waals surface area contributed by atoms with Crippen molar-refractivity contribution < 1.29 is 36.9 Å². The molecule has 0 aliphatic rings. The Morgan fingerprint density at radius 2 is 2.07 bits per heavy atom. The maximum atomic E-state index is 14.7. The van der Waals surface area contributed by atoms with Crippen LogP contribution in [0.4, 0.5) is 17.6 Å². The summed E-state index contributed by atoms with van der Waals surface area (Å²) in [4.78, 5) is 11.4. The first-order valence-corrected chi connectivity index (χ1v) is 8.71. The molecule has 0 aliphatic carbocycles. The summed E-state index contributed by atoms with van der Waals surface area (Å²) in [6, 6.07) is 1.82. The van der Waals surface area contributed by atoms with Crippen LogP contribution in [0.15, 0.2) is 17.5 Å². The van der Waals surface area contributed by atoms with Crippen molar-refractivity contribution in [2.75, 3.05) is 7.11 Å². The van der Waals surface area contributed by atoms with Crippen LogP contribution in [0.5, 0.6) is 11.5 Å². The van der Waals surface area contributed by atoms with E-state index in [1.807, 2.05) is 0 Å². The molecule has 11 heteroatoms. The number of carbonyl (C=O) groups excluding carboxylic acids is 1. The molecule has 0 unspecified atom stereocenters.